The highest BCUT2D eigenvalue weighted by Gasteiger charge is 2.15. The van der Waals surface area contributed by atoms with Crippen LogP contribution in [0, 0.1) is 6.92 Å². The number of aromatic amines is 1. The van der Waals surface area contributed by atoms with Crippen LogP contribution < -0.4 is 0 Å². The van der Waals surface area contributed by atoms with Gasteiger partial charge in [-0.3, -0.25) is 4.68 Å². The molecule has 0 amide bonds. The summed E-state index contributed by atoms with van der Waals surface area (Å²) in [5.41, 5.74) is 5.98. The Bertz CT molecular complexity index is 1280. The van der Waals surface area contributed by atoms with Gasteiger partial charge in [-0.25, -0.2) is 4.98 Å². The first-order valence-corrected chi connectivity index (χ1v) is 9.00. The number of nitrogens with one attached hydrogen (secondary N) is 1. The predicted octanol–water partition coefficient (Wildman–Crippen LogP) is 3.91. The molecule has 0 spiro atoms. The molecule has 7 heteroatoms. The minimum absolute atomic E-state index is 0.485. The van der Waals surface area contributed by atoms with E-state index in [2.05, 4.69) is 56.5 Å². The third-order valence-corrected chi connectivity index (χ3v) is 4.70. The van der Waals surface area contributed by atoms with Crippen molar-refractivity contribution in [2.45, 2.75) is 13.3 Å². The highest BCUT2D eigenvalue weighted by Crippen LogP contribution is 2.30. The lowest BCUT2D eigenvalue weighted by Gasteiger charge is -1.99. The zero-order valence-corrected chi connectivity index (χ0v) is 15.5. The van der Waals surface area contributed by atoms with Crippen molar-refractivity contribution in [3.05, 3.63) is 72.1 Å². The summed E-state index contributed by atoms with van der Waals surface area (Å²) in [5, 5.41) is 13.6. The lowest BCUT2D eigenvalue weighted by atomic mass is 10.1. The maximum atomic E-state index is 5.94. The van der Waals surface area contributed by atoms with Gasteiger partial charge in [0.1, 0.15) is 5.65 Å². The van der Waals surface area contributed by atoms with E-state index in [0.29, 0.717) is 18.2 Å². The van der Waals surface area contributed by atoms with E-state index in [-0.39, 0.29) is 0 Å². The van der Waals surface area contributed by atoms with Crippen LogP contribution in [0.5, 0.6) is 0 Å². The quantitative estimate of drug-likeness (QED) is 0.518. The first-order chi connectivity index (χ1) is 13.7. The second-order valence-corrected chi connectivity index (χ2v) is 6.89. The Morgan fingerprint density at radius 2 is 2.04 bits per heavy atom. The normalized spacial score (nSPS) is 11.4. The van der Waals surface area contributed by atoms with Crippen molar-refractivity contribution in [2.24, 2.45) is 7.05 Å². The molecule has 0 unspecified atom stereocenters. The monoisotopic (exact) mass is 370 g/mol. The van der Waals surface area contributed by atoms with Gasteiger partial charge in [0, 0.05) is 42.2 Å². The molecule has 5 rings (SSSR count). The van der Waals surface area contributed by atoms with Crippen molar-refractivity contribution in [2.75, 3.05) is 0 Å². The fourth-order valence-electron chi connectivity index (χ4n) is 3.34. The van der Waals surface area contributed by atoms with Crippen LogP contribution in [0.15, 0.2) is 59.5 Å². The number of aryl methyl sites for hydroxylation is 2. The summed E-state index contributed by atoms with van der Waals surface area (Å²) in [5.74, 6) is 1.07. The molecule has 1 aromatic carbocycles. The lowest BCUT2D eigenvalue weighted by Crippen LogP contribution is -1.88. The Morgan fingerprint density at radius 3 is 2.86 bits per heavy atom. The Balaban J connectivity index is 1.50. The molecule has 28 heavy (non-hydrogen) atoms. The van der Waals surface area contributed by atoms with Gasteiger partial charge in [0.2, 0.25) is 11.8 Å². The van der Waals surface area contributed by atoms with Crippen molar-refractivity contribution in [1.29, 1.82) is 0 Å². The van der Waals surface area contributed by atoms with Crippen LogP contribution >= 0.6 is 0 Å². The van der Waals surface area contributed by atoms with E-state index in [9.17, 15) is 0 Å². The van der Waals surface area contributed by atoms with Crippen LogP contribution in [0.2, 0.25) is 0 Å². The van der Waals surface area contributed by atoms with Gasteiger partial charge in [-0.05, 0) is 18.6 Å². The van der Waals surface area contributed by atoms with Crippen molar-refractivity contribution in [3.8, 4) is 22.6 Å². The largest absolute Gasteiger partial charge is 0.420 e. The van der Waals surface area contributed by atoms with E-state index in [4.69, 9.17) is 4.42 Å². The molecule has 0 saturated carbocycles. The molecule has 0 aliphatic rings. The summed E-state index contributed by atoms with van der Waals surface area (Å²) >= 11 is 0. The first kappa shape index (κ1) is 16.4. The maximum absolute atomic E-state index is 5.94. The summed E-state index contributed by atoms with van der Waals surface area (Å²) < 4.78 is 7.71. The number of aromatic nitrogens is 6. The van der Waals surface area contributed by atoms with E-state index in [1.165, 1.54) is 5.56 Å². The third-order valence-electron chi connectivity index (χ3n) is 4.70. The van der Waals surface area contributed by atoms with Gasteiger partial charge in [-0.1, -0.05) is 29.8 Å². The standard InChI is InChI=1S/C21H18N6O/c1-13-4-3-5-14(6-13)7-19-25-26-21(28-19)18-11-23-20-17(18)8-15(9-22-20)16-10-24-27(2)12-16/h3-6,8-12H,7H2,1-2H3,(H,22,23). The van der Waals surface area contributed by atoms with Crippen molar-refractivity contribution in [1.82, 2.24) is 29.9 Å². The molecule has 4 heterocycles. The number of benzene rings is 1. The summed E-state index contributed by atoms with van der Waals surface area (Å²) in [6, 6.07) is 10.4. The fraction of sp³-hybridized carbons (Fsp3) is 0.143. The van der Waals surface area contributed by atoms with Crippen LogP contribution in [0.4, 0.5) is 0 Å². The summed E-state index contributed by atoms with van der Waals surface area (Å²) in [6.07, 6.45) is 8.07. The zero-order chi connectivity index (χ0) is 19.1. The van der Waals surface area contributed by atoms with Crippen molar-refractivity contribution >= 4 is 11.0 Å². The van der Waals surface area contributed by atoms with E-state index in [1.807, 2.05) is 37.9 Å². The number of pyridine rings is 1. The molecule has 4 aromatic heterocycles. The smallest absolute Gasteiger partial charge is 0.249 e. The minimum atomic E-state index is 0.485. The van der Waals surface area contributed by atoms with E-state index >= 15 is 0 Å². The Kier molecular flexibility index (Phi) is 3.79. The van der Waals surface area contributed by atoms with Crippen LogP contribution in [0.25, 0.3) is 33.6 Å². The minimum Gasteiger partial charge on any atom is -0.420 e. The Labute approximate surface area is 161 Å². The first-order valence-electron chi connectivity index (χ1n) is 9.00. The van der Waals surface area contributed by atoms with Gasteiger partial charge in [-0.2, -0.15) is 5.10 Å². The van der Waals surface area contributed by atoms with Crippen LogP contribution in [0.1, 0.15) is 17.0 Å². The van der Waals surface area contributed by atoms with Crippen LogP contribution in [-0.4, -0.2) is 29.9 Å². The van der Waals surface area contributed by atoms with E-state index in [0.717, 1.165) is 33.3 Å². The molecule has 0 fully saturated rings. The van der Waals surface area contributed by atoms with Gasteiger partial charge < -0.3 is 9.40 Å². The number of fused-ring (bicyclic) bond motifs is 1. The molecule has 0 saturated heterocycles. The van der Waals surface area contributed by atoms with Gasteiger partial charge >= 0.3 is 0 Å². The third kappa shape index (κ3) is 2.96. The maximum Gasteiger partial charge on any atom is 0.249 e. The summed E-state index contributed by atoms with van der Waals surface area (Å²) in [6.45, 7) is 2.07. The second-order valence-electron chi connectivity index (χ2n) is 6.89. The average Bonchev–Trinajstić information content (AvgIpc) is 3.40. The molecule has 0 atom stereocenters. The van der Waals surface area contributed by atoms with Crippen LogP contribution in [0.3, 0.4) is 0 Å². The summed E-state index contributed by atoms with van der Waals surface area (Å²) in [7, 11) is 1.89. The van der Waals surface area contributed by atoms with E-state index < -0.39 is 0 Å². The highest BCUT2D eigenvalue weighted by molar-refractivity contribution is 5.93. The molecule has 138 valence electrons. The molecule has 7 nitrogen and oxygen atoms in total. The molecule has 0 radical (unpaired) electrons. The van der Waals surface area contributed by atoms with E-state index in [1.54, 1.807) is 4.68 Å². The second kappa shape index (κ2) is 6.45. The molecule has 5 aromatic rings. The number of hydrogen-bond donors (Lipinski definition) is 1. The number of rotatable bonds is 4. The predicted molar refractivity (Wildman–Crippen MR) is 106 cm³/mol. The number of hydrogen-bond acceptors (Lipinski definition) is 5. The van der Waals surface area contributed by atoms with Gasteiger partial charge in [0.15, 0.2) is 0 Å². The molecule has 0 bridgehead atoms. The highest BCUT2D eigenvalue weighted by atomic mass is 16.4. The number of H-pyrrole nitrogens is 1. The molecular weight excluding hydrogens is 352 g/mol. The zero-order valence-electron chi connectivity index (χ0n) is 15.5. The van der Waals surface area contributed by atoms with Crippen molar-refractivity contribution < 1.29 is 4.42 Å². The molecular formula is C21H18N6O. The number of nitrogens with zero attached hydrogens (tertiary/aromatic N) is 5. The molecule has 1 N–H and O–H groups in total. The lowest BCUT2D eigenvalue weighted by molar-refractivity contribution is 0.518. The Hall–Kier alpha value is -3.74. The van der Waals surface area contributed by atoms with Crippen molar-refractivity contribution in [3.63, 3.8) is 0 Å². The van der Waals surface area contributed by atoms with Crippen LogP contribution in [-0.2, 0) is 13.5 Å². The molecule has 0 aliphatic carbocycles. The Morgan fingerprint density at radius 1 is 1.11 bits per heavy atom. The fourth-order valence-corrected chi connectivity index (χ4v) is 3.34. The van der Waals surface area contributed by atoms with Gasteiger partial charge in [-0.15, -0.1) is 10.2 Å². The van der Waals surface area contributed by atoms with Gasteiger partial charge in [0.05, 0.1) is 18.2 Å². The average molecular weight is 370 g/mol. The summed E-state index contributed by atoms with van der Waals surface area (Å²) in [4.78, 5) is 7.69. The topological polar surface area (TPSA) is 85.4 Å². The van der Waals surface area contributed by atoms with Gasteiger partial charge in [0.25, 0.3) is 0 Å². The SMILES string of the molecule is Cc1cccc(Cc2nnc(-c3c[nH]c4ncc(-c5cnn(C)c5)cc34)o2)c1. The molecule has 0 aliphatic heterocycles.